The zero-order valence-electron chi connectivity index (χ0n) is 14.6. The van der Waals surface area contributed by atoms with Crippen LogP contribution in [0.4, 0.5) is 5.82 Å². The molecule has 3 rings (SSSR count). The Morgan fingerprint density at radius 1 is 0.962 bits per heavy atom. The van der Waals surface area contributed by atoms with Gasteiger partial charge in [0.1, 0.15) is 5.76 Å². The molecule has 26 heavy (non-hydrogen) atoms. The van der Waals surface area contributed by atoms with Crippen molar-refractivity contribution in [3.8, 4) is 0 Å². The molecule has 0 aliphatic rings. The third-order valence-corrected chi connectivity index (χ3v) is 3.98. The first-order chi connectivity index (χ1) is 12.5. The molecule has 6 nitrogen and oxygen atoms in total. The number of carbonyl (C=O) groups is 2. The van der Waals surface area contributed by atoms with Gasteiger partial charge < -0.3 is 15.2 Å². The molecular formula is C20H19N3O3. The number of carbonyl (C=O) groups excluding carboxylic acids is 2. The third-order valence-electron chi connectivity index (χ3n) is 3.98. The Kier molecular flexibility index (Phi) is 5.12. The maximum Gasteiger partial charge on any atom is 0.256 e. The lowest BCUT2D eigenvalue weighted by molar-refractivity contribution is 0.0949. The number of hydrogen-bond donors (Lipinski definition) is 2. The van der Waals surface area contributed by atoms with Crippen LogP contribution in [0.15, 0.2) is 59.1 Å². The Balaban J connectivity index is 1.60. The van der Waals surface area contributed by atoms with Gasteiger partial charge in [0.15, 0.2) is 5.82 Å². The zero-order chi connectivity index (χ0) is 18.5. The summed E-state index contributed by atoms with van der Waals surface area (Å²) in [5.74, 6) is 0.464. The highest BCUT2D eigenvalue weighted by molar-refractivity contribution is 6.04. The molecule has 0 unspecified atom stereocenters. The molecule has 3 aromatic rings. The molecule has 0 radical (unpaired) electrons. The Hall–Kier alpha value is -3.41. The monoisotopic (exact) mass is 349 g/mol. The summed E-state index contributed by atoms with van der Waals surface area (Å²) in [5, 5.41) is 9.24. The molecule has 6 heteroatoms. The van der Waals surface area contributed by atoms with E-state index >= 15 is 0 Å². The van der Waals surface area contributed by atoms with Crippen molar-refractivity contribution in [2.24, 2.45) is 0 Å². The molecule has 0 bridgehead atoms. The van der Waals surface area contributed by atoms with Crippen molar-refractivity contribution in [1.29, 1.82) is 0 Å². The van der Waals surface area contributed by atoms with Crippen LogP contribution in [0, 0.1) is 13.8 Å². The summed E-state index contributed by atoms with van der Waals surface area (Å²) in [6, 6.07) is 16.0. The topological polar surface area (TPSA) is 84.2 Å². The van der Waals surface area contributed by atoms with Gasteiger partial charge in [-0.25, -0.2) is 0 Å². The number of aryl methyl sites for hydroxylation is 2. The molecule has 0 saturated carbocycles. The summed E-state index contributed by atoms with van der Waals surface area (Å²) in [5.41, 5.74) is 3.12. The number of aromatic nitrogens is 1. The van der Waals surface area contributed by atoms with Gasteiger partial charge in [0.2, 0.25) is 0 Å². The van der Waals surface area contributed by atoms with Gasteiger partial charge in [0, 0.05) is 23.7 Å². The minimum Gasteiger partial charge on any atom is -0.360 e. The number of nitrogens with one attached hydrogen (secondary N) is 2. The number of nitrogens with zero attached hydrogens (tertiary/aromatic N) is 1. The molecule has 1 heterocycles. The summed E-state index contributed by atoms with van der Waals surface area (Å²) in [7, 11) is 0. The smallest absolute Gasteiger partial charge is 0.256 e. The fraction of sp³-hybridized carbons (Fsp3) is 0.150. The van der Waals surface area contributed by atoms with Crippen molar-refractivity contribution in [3.63, 3.8) is 0 Å². The molecule has 1 aromatic heterocycles. The van der Waals surface area contributed by atoms with Crippen LogP contribution >= 0.6 is 0 Å². The lowest BCUT2D eigenvalue weighted by Gasteiger charge is -2.08. The molecule has 2 amide bonds. The lowest BCUT2D eigenvalue weighted by Crippen LogP contribution is -2.23. The summed E-state index contributed by atoms with van der Waals surface area (Å²) in [6.45, 7) is 4.21. The van der Waals surface area contributed by atoms with Crippen molar-refractivity contribution in [2.75, 3.05) is 5.32 Å². The van der Waals surface area contributed by atoms with E-state index in [0.717, 1.165) is 11.1 Å². The van der Waals surface area contributed by atoms with Gasteiger partial charge >= 0.3 is 0 Å². The van der Waals surface area contributed by atoms with Crippen LogP contribution in [0.25, 0.3) is 0 Å². The van der Waals surface area contributed by atoms with E-state index in [1.807, 2.05) is 31.2 Å². The Morgan fingerprint density at radius 3 is 2.23 bits per heavy atom. The van der Waals surface area contributed by atoms with Gasteiger partial charge in [-0.15, -0.1) is 0 Å². The molecule has 0 atom stereocenters. The first-order valence-electron chi connectivity index (χ1n) is 8.20. The second-order valence-corrected chi connectivity index (χ2v) is 5.96. The molecule has 132 valence electrons. The molecule has 0 fully saturated rings. The van der Waals surface area contributed by atoms with E-state index in [2.05, 4.69) is 15.8 Å². The normalized spacial score (nSPS) is 10.4. The Morgan fingerprint density at radius 2 is 1.62 bits per heavy atom. The maximum atomic E-state index is 12.3. The SMILES string of the molecule is Cc1cc(NC(=O)c2ccc(C(=O)NCc3ccccc3C)cc2)no1. The maximum absolute atomic E-state index is 12.3. The number of amides is 2. The van der Waals surface area contributed by atoms with Crippen LogP contribution in [0.3, 0.4) is 0 Å². The van der Waals surface area contributed by atoms with E-state index in [1.165, 1.54) is 0 Å². The van der Waals surface area contributed by atoms with Crippen molar-refractivity contribution < 1.29 is 14.1 Å². The second kappa shape index (κ2) is 7.65. The van der Waals surface area contributed by atoms with Gasteiger partial charge in [0.05, 0.1) is 0 Å². The summed E-state index contributed by atoms with van der Waals surface area (Å²) < 4.78 is 4.91. The van der Waals surface area contributed by atoms with E-state index in [4.69, 9.17) is 4.52 Å². The number of rotatable bonds is 5. The molecule has 2 N–H and O–H groups in total. The number of hydrogen-bond acceptors (Lipinski definition) is 4. The largest absolute Gasteiger partial charge is 0.360 e. The lowest BCUT2D eigenvalue weighted by atomic mass is 10.1. The predicted molar refractivity (Wildman–Crippen MR) is 98.0 cm³/mol. The minimum atomic E-state index is -0.315. The van der Waals surface area contributed by atoms with Crippen LogP contribution in [0.5, 0.6) is 0 Å². The average Bonchev–Trinajstić information content (AvgIpc) is 3.05. The van der Waals surface area contributed by atoms with Crippen LogP contribution < -0.4 is 10.6 Å². The fourth-order valence-corrected chi connectivity index (χ4v) is 2.47. The van der Waals surface area contributed by atoms with Gasteiger partial charge in [-0.3, -0.25) is 9.59 Å². The Labute approximate surface area is 151 Å². The average molecular weight is 349 g/mol. The molecule has 0 saturated heterocycles. The van der Waals surface area contributed by atoms with Gasteiger partial charge in [0.25, 0.3) is 11.8 Å². The van der Waals surface area contributed by atoms with Gasteiger partial charge in [-0.1, -0.05) is 29.4 Å². The van der Waals surface area contributed by atoms with Crippen LogP contribution in [0.2, 0.25) is 0 Å². The molecule has 2 aromatic carbocycles. The van der Waals surface area contributed by atoms with E-state index < -0.39 is 0 Å². The Bertz CT molecular complexity index is 929. The third kappa shape index (κ3) is 4.16. The summed E-state index contributed by atoms with van der Waals surface area (Å²) >= 11 is 0. The van der Waals surface area contributed by atoms with Crippen molar-refractivity contribution in [3.05, 3.63) is 82.6 Å². The van der Waals surface area contributed by atoms with Gasteiger partial charge in [-0.05, 0) is 49.2 Å². The standard InChI is InChI=1S/C20H19N3O3/c1-13-5-3-4-6-17(13)12-21-19(24)15-7-9-16(10-8-15)20(25)22-18-11-14(2)26-23-18/h3-11H,12H2,1-2H3,(H,21,24)(H,22,23,25). The minimum absolute atomic E-state index is 0.188. The summed E-state index contributed by atoms with van der Waals surface area (Å²) in [4.78, 5) is 24.4. The molecular weight excluding hydrogens is 330 g/mol. The van der Waals surface area contributed by atoms with E-state index in [9.17, 15) is 9.59 Å². The van der Waals surface area contributed by atoms with Crippen LogP contribution in [-0.4, -0.2) is 17.0 Å². The van der Waals surface area contributed by atoms with Crippen molar-refractivity contribution in [2.45, 2.75) is 20.4 Å². The highest BCUT2D eigenvalue weighted by atomic mass is 16.5. The highest BCUT2D eigenvalue weighted by Crippen LogP contribution is 2.11. The fourth-order valence-electron chi connectivity index (χ4n) is 2.47. The zero-order valence-corrected chi connectivity index (χ0v) is 14.6. The van der Waals surface area contributed by atoms with Crippen LogP contribution in [0.1, 0.15) is 37.6 Å². The van der Waals surface area contributed by atoms with E-state index in [-0.39, 0.29) is 11.8 Å². The first kappa shape index (κ1) is 17.4. The predicted octanol–water partition coefficient (Wildman–Crippen LogP) is 3.47. The van der Waals surface area contributed by atoms with Gasteiger partial charge in [-0.2, -0.15) is 0 Å². The number of benzene rings is 2. The second-order valence-electron chi connectivity index (χ2n) is 5.96. The van der Waals surface area contributed by atoms with E-state index in [1.54, 1.807) is 37.3 Å². The summed E-state index contributed by atoms with van der Waals surface area (Å²) in [6.07, 6.45) is 0. The molecule has 0 spiro atoms. The number of anilines is 1. The van der Waals surface area contributed by atoms with Crippen molar-refractivity contribution in [1.82, 2.24) is 10.5 Å². The molecule has 0 aliphatic heterocycles. The van der Waals surface area contributed by atoms with Crippen molar-refractivity contribution >= 4 is 17.6 Å². The quantitative estimate of drug-likeness (QED) is 0.739. The van der Waals surface area contributed by atoms with E-state index in [0.29, 0.717) is 29.2 Å². The first-order valence-corrected chi connectivity index (χ1v) is 8.20. The van der Waals surface area contributed by atoms with Crippen LogP contribution in [-0.2, 0) is 6.54 Å². The highest BCUT2D eigenvalue weighted by Gasteiger charge is 2.11. The molecule has 0 aliphatic carbocycles.